The molecule has 2 aromatic carbocycles. The van der Waals surface area contributed by atoms with Crippen LogP contribution in [0.15, 0.2) is 82.2 Å². The second-order valence-electron chi connectivity index (χ2n) is 8.04. The lowest BCUT2D eigenvalue weighted by molar-refractivity contribution is -0.152. The van der Waals surface area contributed by atoms with Gasteiger partial charge < -0.3 is 10.5 Å². The number of nitrogens with zero attached hydrogens (tertiary/aromatic N) is 2. The molecule has 0 spiro atoms. The molecule has 6 nitrogen and oxygen atoms in total. The lowest BCUT2D eigenvalue weighted by Gasteiger charge is -2.48. The van der Waals surface area contributed by atoms with Gasteiger partial charge in [-0.3, -0.25) is 9.69 Å². The first-order valence-electron chi connectivity index (χ1n) is 11.0. The Labute approximate surface area is 216 Å². The molecule has 35 heavy (non-hydrogen) atoms. The molecule has 0 aliphatic carbocycles. The van der Waals surface area contributed by atoms with E-state index in [-0.39, 0.29) is 17.0 Å². The number of carbonyl (C=O) groups is 2. The number of ether oxygens (including phenoxy) is 1. The van der Waals surface area contributed by atoms with Gasteiger partial charge in [0.05, 0.1) is 16.1 Å². The number of aryl methyl sites for hydroxylation is 1. The normalized spacial score (nSPS) is 19.7. The van der Waals surface area contributed by atoms with Crippen LogP contribution in [0.3, 0.4) is 0 Å². The van der Waals surface area contributed by atoms with Gasteiger partial charge in [-0.1, -0.05) is 72.4 Å². The zero-order valence-corrected chi connectivity index (χ0v) is 21.3. The van der Waals surface area contributed by atoms with Gasteiger partial charge in [0.2, 0.25) is 5.91 Å². The van der Waals surface area contributed by atoms with Gasteiger partial charge in [-0.25, -0.2) is 9.78 Å². The van der Waals surface area contributed by atoms with Crippen LogP contribution in [0.4, 0.5) is 0 Å². The number of benzene rings is 2. The fourth-order valence-electron chi connectivity index (χ4n) is 3.96. The van der Waals surface area contributed by atoms with Gasteiger partial charge in [-0.2, -0.15) is 0 Å². The smallest absolute Gasteiger partial charge is 0.356 e. The molecular weight excluding hydrogens is 499 g/mol. The topological polar surface area (TPSA) is 85.5 Å². The van der Waals surface area contributed by atoms with E-state index in [2.05, 4.69) is 4.98 Å². The first-order chi connectivity index (χ1) is 17.0. The average molecular weight is 522 g/mol. The molecule has 2 aliphatic rings. The highest BCUT2D eigenvalue weighted by Gasteiger charge is 2.52. The number of carbonyl (C=O) groups excluding carboxylic acids is 2. The monoisotopic (exact) mass is 521 g/mol. The summed E-state index contributed by atoms with van der Waals surface area (Å²) in [5.74, 6) is -0.214. The predicted molar refractivity (Wildman–Crippen MR) is 142 cm³/mol. The summed E-state index contributed by atoms with van der Waals surface area (Å²) in [4.78, 5) is 34.0. The van der Waals surface area contributed by atoms with Crippen molar-refractivity contribution in [3.05, 3.63) is 104 Å². The number of thioether (sulfide) groups is 2. The van der Waals surface area contributed by atoms with Crippen molar-refractivity contribution in [3.8, 4) is 0 Å². The zero-order valence-electron chi connectivity index (χ0n) is 18.9. The summed E-state index contributed by atoms with van der Waals surface area (Å²) in [7, 11) is 0. The summed E-state index contributed by atoms with van der Waals surface area (Å²) in [6, 6.07) is 18.6. The second-order valence-corrected chi connectivity index (χ2v) is 11.0. The number of β-lactam (4-membered cyclic amide) rings is 1. The minimum Gasteiger partial charge on any atom is -0.448 e. The largest absolute Gasteiger partial charge is 0.448 e. The van der Waals surface area contributed by atoms with E-state index in [0.717, 1.165) is 26.6 Å². The van der Waals surface area contributed by atoms with E-state index < -0.39 is 18.1 Å². The van der Waals surface area contributed by atoms with Crippen LogP contribution in [-0.2, 0) is 14.3 Å². The summed E-state index contributed by atoms with van der Waals surface area (Å²) in [6.07, 6.45) is 1.38. The molecule has 3 aromatic rings. The Hall–Kier alpha value is -2.85. The Bertz CT molecular complexity index is 1250. The molecule has 2 atom stereocenters. The maximum absolute atomic E-state index is 13.7. The molecule has 1 amide bonds. The first-order valence-corrected chi connectivity index (χ1v) is 13.8. The number of nitrogens with two attached hydrogens (primary N) is 1. The predicted octanol–water partition coefficient (Wildman–Crippen LogP) is 4.94. The number of amides is 1. The van der Waals surface area contributed by atoms with Crippen LogP contribution >= 0.6 is 34.9 Å². The van der Waals surface area contributed by atoms with E-state index in [1.54, 1.807) is 28.6 Å². The highest BCUT2D eigenvalue weighted by atomic mass is 32.2. The zero-order chi connectivity index (χ0) is 24.4. The Morgan fingerprint density at radius 1 is 1.17 bits per heavy atom. The molecule has 2 N–H and O–H groups in total. The first kappa shape index (κ1) is 23.9. The highest BCUT2D eigenvalue weighted by molar-refractivity contribution is 8.08. The maximum atomic E-state index is 13.7. The van der Waals surface area contributed by atoms with Gasteiger partial charge in [0.25, 0.3) is 0 Å². The molecule has 1 aromatic heterocycles. The molecule has 178 valence electrons. The molecule has 1 saturated heterocycles. The fourth-order valence-corrected chi connectivity index (χ4v) is 7.02. The number of hydrogen-bond donors (Lipinski definition) is 1. The second kappa shape index (κ2) is 10.4. The summed E-state index contributed by atoms with van der Waals surface area (Å²) in [5.41, 5.74) is 10.8. The number of hydrogen-bond acceptors (Lipinski definition) is 8. The lowest BCUT2D eigenvalue weighted by Crippen LogP contribution is -2.68. The summed E-state index contributed by atoms with van der Waals surface area (Å²) in [5, 5.41) is 1.68. The highest BCUT2D eigenvalue weighted by Crippen LogP contribution is 2.44. The number of aromatic nitrogens is 1. The van der Waals surface area contributed by atoms with Crippen molar-refractivity contribution in [1.82, 2.24) is 9.88 Å². The van der Waals surface area contributed by atoms with E-state index in [0.29, 0.717) is 5.75 Å². The number of fused-ring (bicyclic) bond motifs is 1. The van der Waals surface area contributed by atoms with Crippen molar-refractivity contribution in [2.75, 3.05) is 5.75 Å². The van der Waals surface area contributed by atoms with Gasteiger partial charge in [0.15, 0.2) is 6.10 Å². The van der Waals surface area contributed by atoms with Crippen molar-refractivity contribution in [1.29, 1.82) is 0 Å². The molecule has 3 heterocycles. The van der Waals surface area contributed by atoms with E-state index in [9.17, 15) is 9.59 Å². The van der Waals surface area contributed by atoms with Crippen LogP contribution < -0.4 is 5.73 Å². The van der Waals surface area contributed by atoms with Crippen molar-refractivity contribution >= 4 is 52.8 Å². The van der Waals surface area contributed by atoms with Crippen molar-refractivity contribution < 1.29 is 14.3 Å². The Balaban J connectivity index is 1.47. The van der Waals surface area contributed by atoms with Gasteiger partial charge in [-0.05, 0) is 29.5 Å². The quantitative estimate of drug-likeness (QED) is 0.348. The Morgan fingerprint density at radius 2 is 1.83 bits per heavy atom. The fraction of sp³-hybridized carbons (Fsp3) is 0.192. The molecule has 0 bridgehead atoms. The van der Waals surface area contributed by atoms with E-state index in [1.165, 1.54) is 16.7 Å². The van der Waals surface area contributed by atoms with Crippen molar-refractivity contribution in [3.63, 3.8) is 0 Å². The summed E-state index contributed by atoms with van der Waals surface area (Å²) >= 11 is 4.55. The van der Waals surface area contributed by atoms with E-state index in [4.69, 9.17) is 10.5 Å². The lowest BCUT2D eigenvalue weighted by atomic mass is 10.0. The Kier molecular flexibility index (Phi) is 7.10. The van der Waals surface area contributed by atoms with Crippen LogP contribution in [0.25, 0.3) is 6.08 Å². The SMILES string of the molecule is Cc1ncsc1/C=C\SC1=C(C(=O)OC(c2ccccc2)c2ccccc2)N2C(=O)[C@@H](N)[C@H]2SC1. The molecule has 0 radical (unpaired) electrons. The van der Waals surface area contributed by atoms with Crippen LogP contribution in [0.2, 0.25) is 0 Å². The third-order valence-electron chi connectivity index (χ3n) is 5.81. The standard InChI is InChI=1S/C26H23N3O3S3/c1-16-19(35-15-28-16)12-13-33-20-14-34-25-21(27)24(30)29(25)22(20)26(31)32-23(17-8-4-2-5-9-17)18-10-6-3-7-11-18/h2-13,15,21,23,25H,14,27H2,1H3/b13-12-/t21-,25-/m1/s1. The third-order valence-corrected chi connectivity index (χ3v) is 9.08. The van der Waals surface area contributed by atoms with E-state index >= 15 is 0 Å². The van der Waals surface area contributed by atoms with Crippen LogP contribution in [-0.4, -0.2) is 38.9 Å². The van der Waals surface area contributed by atoms with Crippen LogP contribution in [0, 0.1) is 6.92 Å². The molecule has 5 rings (SSSR count). The van der Waals surface area contributed by atoms with Crippen LogP contribution in [0.1, 0.15) is 27.8 Å². The van der Waals surface area contributed by atoms with Gasteiger partial charge in [0, 0.05) is 10.7 Å². The summed E-state index contributed by atoms with van der Waals surface area (Å²) < 4.78 is 6.11. The third kappa shape index (κ3) is 4.81. The average Bonchev–Trinajstić information content (AvgIpc) is 3.31. The maximum Gasteiger partial charge on any atom is 0.356 e. The van der Waals surface area contributed by atoms with Gasteiger partial charge in [-0.15, -0.1) is 23.1 Å². The van der Waals surface area contributed by atoms with Crippen molar-refractivity contribution in [2.24, 2.45) is 5.73 Å². The van der Waals surface area contributed by atoms with Gasteiger partial charge >= 0.3 is 5.97 Å². The van der Waals surface area contributed by atoms with Gasteiger partial charge in [0.1, 0.15) is 17.1 Å². The molecule has 1 fully saturated rings. The molecule has 9 heteroatoms. The Morgan fingerprint density at radius 3 is 2.43 bits per heavy atom. The van der Waals surface area contributed by atoms with E-state index in [1.807, 2.05) is 79.1 Å². The minimum atomic E-state index is -0.608. The van der Waals surface area contributed by atoms with Crippen LogP contribution in [0.5, 0.6) is 0 Å². The molecule has 2 aliphatic heterocycles. The molecule has 0 saturated carbocycles. The van der Waals surface area contributed by atoms with Crippen molar-refractivity contribution in [2.45, 2.75) is 24.4 Å². The minimum absolute atomic E-state index is 0.256. The number of esters is 1. The molecular formula is C26H23N3O3S3. The number of thiazole rings is 1. The summed E-state index contributed by atoms with van der Waals surface area (Å²) in [6.45, 7) is 1.96. The number of rotatable bonds is 7. The molecule has 0 unspecified atom stereocenters.